The number of ether oxygens (including phenoxy) is 1. The molecule has 3 saturated heterocycles. The Bertz CT molecular complexity index is 912. The molecule has 4 aliphatic rings. The smallest absolute Gasteiger partial charge is 0.286 e. The Labute approximate surface area is 164 Å². The number of hydrogen-bond acceptors (Lipinski definition) is 5. The Hall–Kier alpha value is -2.34. The van der Waals surface area contributed by atoms with Crippen LogP contribution >= 0.6 is 0 Å². The molecular formula is C22H25N3O3. The molecule has 6 nitrogen and oxygen atoms in total. The fraction of sp³-hybridized carbons (Fsp3) is 0.545. The first-order valence-electron chi connectivity index (χ1n) is 10.5. The van der Waals surface area contributed by atoms with Gasteiger partial charge in [0.15, 0.2) is 5.76 Å². The van der Waals surface area contributed by atoms with Crippen LogP contribution in [-0.2, 0) is 17.6 Å². The molecule has 3 aliphatic heterocycles. The lowest BCUT2D eigenvalue weighted by Gasteiger charge is -2.29. The van der Waals surface area contributed by atoms with E-state index in [4.69, 9.17) is 14.1 Å². The fourth-order valence-electron chi connectivity index (χ4n) is 5.93. The van der Waals surface area contributed by atoms with Gasteiger partial charge in [0.1, 0.15) is 5.82 Å². The van der Waals surface area contributed by atoms with Crippen molar-refractivity contribution < 1.29 is 13.9 Å². The second-order valence-corrected chi connectivity index (χ2v) is 8.73. The van der Waals surface area contributed by atoms with Crippen LogP contribution in [0.2, 0.25) is 0 Å². The van der Waals surface area contributed by atoms with Crippen LogP contribution in [0, 0.1) is 11.8 Å². The van der Waals surface area contributed by atoms with E-state index in [2.05, 4.69) is 22.3 Å². The van der Waals surface area contributed by atoms with E-state index in [1.54, 1.807) is 12.1 Å². The summed E-state index contributed by atoms with van der Waals surface area (Å²) in [5.41, 5.74) is 2.63. The van der Waals surface area contributed by atoms with Crippen molar-refractivity contribution in [2.45, 2.75) is 43.8 Å². The monoisotopic (exact) mass is 379 g/mol. The van der Waals surface area contributed by atoms with Crippen molar-refractivity contribution in [1.29, 1.82) is 0 Å². The summed E-state index contributed by atoms with van der Waals surface area (Å²) in [6.07, 6.45) is 7.49. The third-order valence-corrected chi connectivity index (χ3v) is 7.26. The van der Waals surface area contributed by atoms with Crippen molar-refractivity contribution >= 4 is 11.7 Å². The minimum Gasteiger partial charge on any atom is -0.459 e. The molecule has 0 unspecified atom stereocenters. The van der Waals surface area contributed by atoms with Crippen LogP contribution in [-0.4, -0.2) is 42.2 Å². The minimum absolute atomic E-state index is 0.0641. The molecule has 0 radical (unpaired) electrons. The van der Waals surface area contributed by atoms with E-state index < -0.39 is 0 Å². The van der Waals surface area contributed by atoms with Gasteiger partial charge in [-0.1, -0.05) is 6.07 Å². The predicted molar refractivity (Wildman–Crippen MR) is 103 cm³/mol. The number of anilines is 1. The van der Waals surface area contributed by atoms with E-state index >= 15 is 0 Å². The molecule has 4 atom stereocenters. The van der Waals surface area contributed by atoms with E-state index in [1.165, 1.54) is 23.9 Å². The van der Waals surface area contributed by atoms with E-state index in [-0.39, 0.29) is 17.6 Å². The van der Waals surface area contributed by atoms with Crippen molar-refractivity contribution in [3.63, 3.8) is 0 Å². The van der Waals surface area contributed by atoms with Crippen molar-refractivity contribution in [2.24, 2.45) is 11.8 Å². The Morgan fingerprint density at radius 1 is 1.32 bits per heavy atom. The summed E-state index contributed by atoms with van der Waals surface area (Å²) in [4.78, 5) is 19.7. The molecule has 1 aliphatic carbocycles. The van der Waals surface area contributed by atoms with E-state index in [0.717, 1.165) is 44.6 Å². The van der Waals surface area contributed by atoms with Gasteiger partial charge in [0, 0.05) is 37.2 Å². The number of amides is 1. The summed E-state index contributed by atoms with van der Waals surface area (Å²) in [6.45, 7) is 2.52. The van der Waals surface area contributed by atoms with E-state index in [1.807, 2.05) is 0 Å². The lowest BCUT2D eigenvalue weighted by atomic mass is 9.73. The number of aryl methyl sites for hydroxylation is 2. The highest BCUT2D eigenvalue weighted by atomic mass is 16.5. The number of carbonyl (C=O) groups excluding carboxylic acids is 1. The lowest BCUT2D eigenvalue weighted by molar-refractivity contribution is 0.0141. The molecule has 146 valence electrons. The highest BCUT2D eigenvalue weighted by Gasteiger charge is 2.63. The highest BCUT2D eigenvalue weighted by molar-refractivity contribution is 5.91. The Kier molecular flexibility index (Phi) is 3.60. The first-order valence-corrected chi connectivity index (χ1v) is 10.5. The molecule has 1 N–H and O–H groups in total. The van der Waals surface area contributed by atoms with Gasteiger partial charge in [0.25, 0.3) is 5.91 Å². The normalized spacial score (nSPS) is 32.6. The van der Waals surface area contributed by atoms with Crippen LogP contribution in [0.4, 0.5) is 5.82 Å². The van der Waals surface area contributed by atoms with Crippen LogP contribution < -0.4 is 10.2 Å². The van der Waals surface area contributed by atoms with Gasteiger partial charge in [0.05, 0.1) is 18.0 Å². The predicted octanol–water partition coefficient (Wildman–Crippen LogP) is 2.58. The maximum absolute atomic E-state index is 12.3. The number of furan rings is 1. The zero-order valence-electron chi connectivity index (χ0n) is 15.9. The molecule has 6 rings (SSSR count). The second kappa shape index (κ2) is 6.08. The molecular weight excluding hydrogens is 354 g/mol. The molecule has 6 heteroatoms. The number of pyridine rings is 1. The summed E-state index contributed by atoms with van der Waals surface area (Å²) in [6, 6.07) is 7.88. The topological polar surface area (TPSA) is 67.6 Å². The van der Waals surface area contributed by atoms with Gasteiger partial charge < -0.3 is 19.4 Å². The Morgan fingerprint density at radius 2 is 2.29 bits per heavy atom. The van der Waals surface area contributed by atoms with Gasteiger partial charge in [-0.3, -0.25) is 4.79 Å². The molecule has 2 bridgehead atoms. The average Bonchev–Trinajstić information content (AvgIpc) is 3.51. The summed E-state index contributed by atoms with van der Waals surface area (Å²) < 4.78 is 11.7. The van der Waals surface area contributed by atoms with Crippen LogP contribution in [0.5, 0.6) is 0 Å². The van der Waals surface area contributed by atoms with Crippen molar-refractivity contribution in [1.82, 2.24) is 10.3 Å². The van der Waals surface area contributed by atoms with Gasteiger partial charge in [-0.15, -0.1) is 0 Å². The number of rotatable bonds is 4. The number of fused-ring (bicyclic) bond motifs is 2. The minimum atomic E-state index is -0.142. The molecule has 5 heterocycles. The average molecular weight is 379 g/mol. The quantitative estimate of drug-likeness (QED) is 0.884. The molecule has 2 aromatic heterocycles. The molecule has 3 fully saturated rings. The van der Waals surface area contributed by atoms with Gasteiger partial charge in [-0.2, -0.15) is 0 Å². The summed E-state index contributed by atoms with van der Waals surface area (Å²) >= 11 is 0. The van der Waals surface area contributed by atoms with Crippen molar-refractivity contribution in [2.75, 3.05) is 24.5 Å². The number of carbonyl (C=O) groups is 1. The van der Waals surface area contributed by atoms with E-state index in [0.29, 0.717) is 24.1 Å². The molecule has 28 heavy (non-hydrogen) atoms. The van der Waals surface area contributed by atoms with Crippen LogP contribution in [0.25, 0.3) is 0 Å². The number of nitrogens with one attached hydrogen (secondary N) is 1. The standard InChI is InChI=1S/C22H25N3O3/c26-21(19-5-2-10-27-19)23-11-15-16-12-25(13-22(16)9-8-18(15)28-22)20-7-6-14-3-1-4-17(14)24-20/h2,5-7,10,15-16,18H,1,3-4,8-9,11-13H2,(H,23,26)/t15-,16+,18+,22+/m0/s1. The zero-order valence-corrected chi connectivity index (χ0v) is 15.9. The van der Waals surface area contributed by atoms with Crippen molar-refractivity contribution in [3.8, 4) is 0 Å². The Balaban J connectivity index is 1.19. The van der Waals surface area contributed by atoms with Gasteiger partial charge in [-0.05, 0) is 55.9 Å². The highest BCUT2D eigenvalue weighted by Crippen LogP contribution is 2.55. The van der Waals surface area contributed by atoms with Gasteiger partial charge >= 0.3 is 0 Å². The van der Waals surface area contributed by atoms with E-state index in [9.17, 15) is 4.79 Å². The number of aromatic nitrogens is 1. The number of nitrogens with zero attached hydrogens (tertiary/aromatic N) is 2. The summed E-state index contributed by atoms with van der Waals surface area (Å²) in [5, 5.41) is 3.06. The largest absolute Gasteiger partial charge is 0.459 e. The van der Waals surface area contributed by atoms with Crippen LogP contribution in [0.15, 0.2) is 34.9 Å². The van der Waals surface area contributed by atoms with Crippen molar-refractivity contribution in [3.05, 3.63) is 47.5 Å². The van der Waals surface area contributed by atoms with Gasteiger partial charge in [-0.25, -0.2) is 4.98 Å². The zero-order chi connectivity index (χ0) is 18.7. The third kappa shape index (κ3) is 2.43. The second-order valence-electron chi connectivity index (χ2n) is 8.73. The molecule has 1 spiro atoms. The summed E-state index contributed by atoms with van der Waals surface area (Å²) in [5.74, 6) is 2.12. The lowest BCUT2D eigenvalue weighted by Crippen LogP contribution is -2.41. The maximum atomic E-state index is 12.3. The molecule has 1 amide bonds. The SMILES string of the molecule is O=C(NC[C@H]1[C@H]2CN(c3ccc4c(n3)CCC4)C[C@]23CC[C@H]1O3)c1ccco1. The molecule has 0 aromatic carbocycles. The first-order chi connectivity index (χ1) is 13.7. The molecule has 0 saturated carbocycles. The van der Waals surface area contributed by atoms with Crippen LogP contribution in [0.3, 0.4) is 0 Å². The maximum Gasteiger partial charge on any atom is 0.286 e. The fourth-order valence-corrected chi connectivity index (χ4v) is 5.93. The Morgan fingerprint density at radius 3 is 3.18 bits per heavy atom. The van der Waals surface area contributed by atoms with Gasteiger partial charge in [0.2, 0.25) is 0 Å². The summed E-state index contributed by atoms with van der Waals surface area (Å²) in [7, 11) is 0. The number of hydrogen-bond donors (Lipinski definition) is 1. The first kappa shape index (κ1) is 16.6. The third-order valence-electron chi connectivity index (χ3n) is 7.26. The molecule has 2 aromatic rings. The van der Waals surface area contributed by atoms with Crippen LogP contribution in [0.1, 0.15) is 41.1 Å².